The first-order valence-corrected chi connectivity index (χ1v) is 9.65. The molecule has 1 N–H and O–H groups in total. The summed E-state index contributed by atoms with van der Waals surface area (Å²) in [6.45, 7) is 2.87. The van der Waals surface area contributed by atoms with E-state index < -0.39 is 15.6 Å². The summed E-state index contributed by atoms with van der Waals surface area (Å²) in [5.41, 5.74) is 0.597. The van der Waals surface area contributed by atoms with Gasteiger partial charge in [-0.05, 0) is 17.5 Å². The molecule has 2 aliphatic rings. The second-order valence-electron chi connectivity index (χ2n) is 6.94. The number of nitrogens with zero attached hydrogens (tertiary/aromatic N) is 4. The van der Waals surface area contributed by atoms with Crippen molar-refractivity contribution in [2.24, 2.45) is 11.3 Å². The molecule has 7 nitrogen and oxygen atoms in total. The minimum absolute atomic E-state index is 0.0162. The Hall–Kier alpha value is -0.770. The smallest absolute Gasteiger partial charge is 0.281 e. The van der Waals surface area contributed by atoms with Crippen LogP contribution in [0.2, 0.25) is 5.02 Å². The lowest BCUT2D eigenvalue weighted by atomic mass is 9.82. The molecule has 0 saturated carbocycles. The second-order valence-corrected chi connectivity index (χ2v) is 9.49. The van der Waals surface area contributed by atoms with Crippen LogP contribution < -0.4 is 0 Å². The molecule has 2 aliphatic heterocycles. The van der Waals surface area contributed by atoms with Crippen LogP contribution in [0.25, 0.3) is 0 Å². The molecule has 2 atom stereocenters. The molecule has 2 unspecified atom stereocenters. The number of pyridine rings is 1. The predicted octanol–water partition coefficient (Wildman–Crippen LogP) is 0.268. The maximum atomic E-state index is 12.4. The average Bonchev–Trinajstić information content (AvgIpc) is 3.04. The summed E-state index contributed by atoms with van der Waals surface area (Å²) in [6.07, 6.45) is 3.34. The number of aliphatic hydroxyl groups excluding tert-OH is 1. The van der Waals surface area contributed by atoms with Gasteiger partial charge < -0.3 is 5.11 Å². The topological polar surface area (TPSA) is 77.0 Å². The predicted molar refractivity (Wildman–Crippen MR) is 91.7 cm³/mol. The Morgan fingerprint density at radius 2 is 2.17 bits per heavy atom. The first-order valence-electron chi connectivity index (χ1n) is 7.88. The third kappa shape index (κ3) is 3.07. The number of halogens is 1. The Kier molecular flexibility index (Phi) is 4.89. The van der Waals surface area contributed by atoms with Gasteiger partial charge in [-0.1, -0.05) is 11.6 Å². The molecule has 0 spiro atoms. The van der Waals surface area contributed by atoms with E-state index in [0.29, 0.717) is 31.2 Å². The van der Waals surface area contributed by atoms with Gasteiger partial charge in [-0.15, -0.1) is 0 Å². The number of rotatable bonds is 5. The summed E-state index contributed by atoms with van der Waals surface area (Å²) in [7, 11) is -0.373. The molecule has 0 aliphatic carbocycles. The number of aliphatic hydroxyl groups is 1. The molecule has 0 bridgehead atoms. The van der Waals surface area contributed by atoms with Gasteiger partial charge in [-0.2, -0.15) is 17.0 Å². The highest BCUT2D eigenvalue weighted by molar-refractivity contribution is 7.86. The van der Waals surface area contributed by atoms with E-state index in [4.69, 9.17) is 11.6 Å². The molecule has 134 valence electrons. The van der Waals surface area contributed by atoms with Crippen molar-refractivity contribution in [3.8, 4) is 0 Å². The van der Waals surface area contributed by atoms with Gasteiger partial charge in [0.25, 0.3) is 10.2 Å². The van der Waals surface area contributed by atoms with Gasteiger partial charge in [0.2, 0.25) is 0 Å². The van der Waals surface area contributed by atoms with Crippen LogP contribution in [0, 0.1) is 11.3 Å². The van der Waals surface area contributed by atoms with Crippen molar-refractivity contribution in [1.82, 2.24) is 18.5 Å². The van der Waals surface area contributed by atoms with Crippen molar-refractivity contribution in [1.29, 1.82) is 0 Å². The lowest BCUT2D eigenvalue weighted by molar-refractivity contribution is 0.119. The second kappa shape index (κ2) is 6.51. The SMILES string of the molecule is CN(C)S(=O)(=O)N1CC2CN(Cc3ccncc3Cl)CC2(CO)C1. The van der Waals surface area contributed by atoms with Crippen LogP contribution in [-0.4, -0.2) is 78.9 Å². The maximum Gasteiger partial charge on any atom is 0.281 e. The molecule has 3 rings (SSSR count). The summed E-state index contributed by atoms with van der Waals surface area (Å²) in [5, 5.41) is 10.6. The molecular formula is C15H23ClN4O3S. The first-order chi connectivity index (χ1) is 11.3. The fourth-order valence-electron chi connectivity index (χ4n) is 3.77. The molecule has 9 heteroatoms. The van der Waals surface area contributed by atoms with Crippen molar-refractivity contribution >= 4 is 21.8 Å². The monoisotopic (exact) mass is 374 g/mol. The minimum atomic E-state index is -3.44. The van der Waals surface area contributed by atoms with Gasteiger partial charge in [0.15, 0.2) is 0 Å². The van der Waals surface area contributed by atoms with Crippen molar-refractivity contribution in [2.45, 2.75) is 6.54 Å². The van der Waals surface area contributed by atoms with E-state index in [-0.39, 0.29) is 12.5 Å². The third-order valence-electron chi connectivity index (χ3n) is 5.15. The van der Waals surface area contributed by atoms with E-state index in [2.05, 4.69) is 9.88 Å². The summed E-state index contributed by atoms with van der Waals surface area (Å²) >= 11 is 6.18. The lowest BCUT2D eigenvalue weighted by Crippen LogP contribution is -2.42. The highest BCUT2D eigenvalue weighted by Gasteiger charge is 2.54. The Morgan fingerprint density at radius 1 is 1.42 bits per heavy atom. The number of hydrogen-bond acceptors (Lipinski definition) is 5. The van der Waals surface area contributed by atoms with E-state index >= 15 is 0 Å². The first kappa shape index (κ1) is 18.0. The Labute approximate surface area is 148 Å². The van der Waals surface area contributed by atoms with E-state index in [9.17, 15) is 13.5 Å². The van der Waals surface area contributed by atoms with E-state index in [0.717, 1.165) is 12.1 Å². The quantitative estimate of drug-likeness (QED) is 0.800. The molecule has 0 aromatic carbocycles. The van der Waals surface area contributed by atoms with Crippen LogP contribution in [0.1, 0.15) is 5.56 Å². The van der Waals surface area contributed by atoms with Crippen molar-refractivity contribution in [3.63, 3.8) is 0 Å². The van der Waals surface area contributed by atoms with E-state index in [1.165, 1.54) is 22.7 Å². The fraction of sp³-hybridized carbons (Fsp3) is 0.667. The van der Waals surface area contributed by atoms with Gasteiger partial charge in [0.05, 0.1) is 11.6 Å². The lowest BCUT2D eigenvalue weighted by Gasteiger charge is -2.28. The normalized spacial score (nSPS) is 28.6. The van der Waals surface area contributed by atoms with Crippen molar-refractivity contribution in [3.05, 3.63) is 29.0 Å². The van der Waals surface area contributed by atoms with Crippen LogP contribution in [0.4, 0.5) is 0 Å². The molecule has 2 fully saturated rings. The molecule has 2 saturated heterocycles. The number of fused-ring (bicyclic) bond motifs is 1. The highest BCUT2D eigenvalue weighted by Crippen LogP contribution is 2.43. The van der Waals surface area contributed by atoms with Crippen LogP contribution in [-0.2, 0) is 16.8 Å². The van der Waals surface area contributed by atoms with Gasteiger partial charge in [0, 0.05) is 64.6 Å². The zero-order valence-corrected chi connectivity index (χ0v) is 15.5. The van der Waals surface area contributed by atoms with E-state index in [1.807, 2.05) is 6.07 Å². The molecule has 3 heterocycles. The van der Waals surface area contributed by atoms with Crippen LogP contribution in [0.15, 0.2) is 18.5 Å². The van der Waals surface area contributed by atoms with Gasteiger partial charge in [0.1, 0.15) is 0 Å². The standard InChI is InChI=1S/C15H23ClN4O3S/c1-18(2)24(22,23)20-8-13-7-19(9-15(13,10-20)11-21)6-12-3-4-17-5-14(12)16/h3-5,13,21H,6-11H2,1-2H3. The Morgan fingerprint density at radius 3 is 2.75 bits per heavy atom. The summed E-state index contributed by atoms with van der Waals surface area (Å²) in [5.74, 6) is 0.123. The van der Waals surface area contributed by atoms with E-state index in [1.54, 1.807) is 12.4 Å². The third-order valence-corrected chi connectivity index (χ3v) is 7.35. The minimum Gasteiger partial charge on any atom is -0.396 e. The Bertz CT molecular complexity index is 714. The number of likely N-dealkylation sites (tertiary alicyclic amines) is 1. The molecular weight excluding hydrogens is 352 g/mol. The fourth-order valence-corrected chi connectivity index (χ4v) is 5.20. The highest BCUT2D eigenvalue weighted by atomic mass is 35.5. The summed E-state index contributed by atoms with van der Waals surface area (Å²) < 4.78 is 27.5. The average molecular weight is 375 g/mol. The van der Waals surface area contributed by atoms with Gasteiger partial charge >= 0.3 is 0 Å². The summed E-state index contributed by atoms with van der Waals surface area (Å²) in [6, 6.07) is 1.89. The van der Waals surface area contributed by atoms with Crippen LogP contribution in [0.3, 0.4) is 0 Å². The Balaban J connectivity index is 1.74. The molecule has 0 radical (unpaired) electrons. The number of hydrogen-bond donors (Lipinski definition) is 1. The van der Waals surface area contributed by atoms with Crippen molar-refractivity contribution < 1.29 is 13.5 Å². The maximum absolute atomic E-state index is 12.4. The zero-order chi connectivity index (χ0) is 17.5. The van der Waals surface area contributed by atoms with Gasteiger partial charge in [-0.25, -0.2) is 0 Å². The number of aromatic nitrogens is 1. The van der Waals surface area contributed by atoms with Crippen LogP contribution in [0.5, 0.6) is 0 Å². The summed E-state index contributed by atoms with van der Waals surface area (Å²) in [4.78, 5) is 6.23. The van der Waals surface area contributed by atoms with Crippen LogP contribution >= 0.6 is 11.6 Å². The largest absolute Gasteiger partial charge is 0.396 e. The zero-order valence-electron chi connectivity index (χ0n) is 13.9. The molecule has 24 heavy (non-hydrogen) atoms. The molecule has 1 aromatic rings. The molecule has 0 amide bonds. The van der Waals surface area contributed by atoms with Gasteiger partial charge in [-0.3, -0.25) is 9.88 Å². The van der Waals surface area contributed by atoms with Crippen molar-refractivity contribution in [2.75, 3.05) is 46.9 Å². The molecule has 1 aromatic heterocycles.